The van der Waals surface area contributed by atoms with Crippen molar-refractivity contribution in [3.63, 3.8) is 0 Å². The van der Waals surface area contributed by atoms with Gasteiger partial charge in [0, 0.05) is 11.5 Å². The molecule has 0 aliphatic carbocycles. The van der Waals surface area contributed by atoms with Crippen molar-refractivity contribution in [3.05, 3.63) is 71.6 Å². The zero-order valence-electron chi connectivity index (χ0n) is 19.1. The molecule has 2 heterocycles. The van der Waals surface area contributed by atoms with Crippen LogP contribution in [0.25, 0.3) is 11.4 Å². The summed E-state index contributed by atoms with van der Waals surface area (Å²) in [6.45, 7) is 8.74. The number of aromatic nitrogens is 2. The van der Waals surface area contributed by atoms with Gasteiger partial charge in [-0.1, -0.05) is 73.6 Å². The zero-order valence-corrected chi connectivity index (χ0v) is 19.1. The van der Waals surface area contributed by atoms with Crippen LogP contribution in [0.15, 0.2) is 59.1 Å². The molecule has 6 nitrogen and oxygen atoms in total. The van der Waals surface area contributed by atoms with Crippen molar-refractivity contribution < 1.29 is 9.32 Å². The van der Waals surface area contributed by atoms with Crippen molar-refractivity contribution in [1.82, 2.24) is 20.4 Å². The van der Waals surface area contributed by atoms with Gasteiger partial charge in [-0.3, -0.25) is 9.69 Å². The van der Waals surface area contributed by atoms with Crippen molar-refractivity contribution >= 4 is 5.91 Å². The Balaban J connectivity index is 1.31. The largest absolute Gasteiger partial charge is 0.349 e. The number of hydrogen-bond acceptors (Lipinski definition) is 5. The zero-order chi connectivity index (χ0) is 22.5. The van der Waals surface area contributed by atoms with E-state index in [2.05, 4.69) is 53.3 Å². The van der Waals surface area contributed by atoms with Gasteiger partial charge >= 0.3 is 0 Å². The monoisotopic (exact) mass is 432 g/mol. The molecule has 0 spiro atoms. The highest BCUT2D eigenvalue weighted by Gasteiger charge is 2.29. The quantitative estimate of drug-likeness (QED) is 0.582. The summed E-state index contributed by atoms with van der Waals surface area (Å²) in [6, 6.07) is 18.2. The topological polar surface area (TPSA) is 71.3 Å². The third-order valence-electron chi connectivity index (χ3n) is 6.31. The predicted octanol–water partition coefficient (Wildman–Crippen LogP) is 4.77. The number of piperidine rings is 1. The van der Waals surface area contributed by atoms with Crippen molar-refractivity contribution in [3.8, 4) is 11.4 Å². The number of carbonyl (C=O) groups is 1. The van der Waals surface area contributed by atoms with Crippen molar-refractivity contribution in [2.24, 2.45) is 11.8 Å². The van der Waals surface area contributed by atoms with Gasteiger partial charge in [0.25, 0.3) is 0 Å². The van der Waals surface area contributed by atoms with E-state index in [4.69, 9.17) is 4.52 Å². The number of aryl methyl sites for hydroxylation is 1. The summed E-state index contributed by atoms with van der Waals surface area (Å²) < 4.78 is 5.45. The number of nitrogens with zero attached hydrogens (tertiary/aromatic N) is 3. The number of nitrogens with one attached hydrogen (secondary N) is 1. The second-order valence-electron chi connectivity index (χ2n) is 9.02. The molecule has 1 aliphatic rings. The van der Waals surface area contributed by atoms with Crippen LogP contribution in [0.5, 0.6) is 0 Å². The molecule has 1 unspecified atom stereocenters. The number of carbonyl (C=O) groups excluding carboxylic acids is 1. The SMILES string of the molecule is Cc1ccccc1C(NC(=O)C1CCN(Cc2nc(-c3ccccc3)no2)CC1)C(C)C. The first-order valence-corrected chi connectivity index (χ1v) is 11.5. The van der Waals surface area contributed by atoms with Crippen LogP contribution in [0, 0.1) is 18.8 Å². The second-order valence-corrected chi connectivity index (χ2v) is 9.02. The Hall–Kier alpha value is -2.99. The Morgan fingerprint density at radius 2 is 1.78 bits per heavy atom. The highest BCUT2D eigenvalue weighted by Crippen LogP contribution is 2.27. The van der Waals surface area contributed by atoms with E-state index >= 15 is 0 Å². The fraction of sp³-hybridized carbons (Fsp3) is 0.423. The van der Waals surface area contributed by atoms with Gasteiger partial charge in [0.15, 0.2) is 0 Å². The van der Waals surface area contributed by atoms with Crippen LogP contribution in [0.2, 0.25) is 0 Å². The third kappa shape index (κ3) is 5.25. The Bertz CT molecular complexity index is 1020. The van der Waals surface area contributed by atoms with Crippen LogP contribution in [0.3, 0.4) is 0 Å². The minimum atomic E-state index is 0.0385. The third-order valence-corrected chi connectivity index (χ3v) is 6.31. The molecule has 1 saturated heterocycles. The molecule has 0 saturated carbocycles. The second kappa shape index (κ2) is 10.1. The first-order chi connectivity index (χ1) is 15.5. The van der Waals surface area contributed by atoms with Crippen molar-refractivity contribution in [1.29, 1.82) is 0 Å². The van der Waals surface area contributed by atoms with Crippen molar-refractivity contribution in [2.45, 2.75) is 46.2 Å². The highest BCUT2D eigenvalue weighted by molar-refractivity contribution is 5.79. The van der Waals surface area contributed by atoms with Gasteiger partial charge in [0.2, 0.25) is 17.6 Å². The molecule has 1 aromatic heterocycles. The maximum atomic E-state index is 13.1. The maximum absolute atomic E-state index is 13.1. The van der Waals surface area contributed by atoms with Crippen LogP contribution >= 0.6 is 0 Å². The summed E-state index contributed by atoms with van der Waals surface area (Å²) in [5, 5.41) is 7.43. The molecule has 0 bridgehead atoms. The van der Waals surface area contributed by atoms with Gasteiger partial charge in [0.05, 0.1) is 12.6 Å². The fourth-order valence-electron chi connectivity index (χ4n) is 4.38. The minimum Gasteiger partial charge on any atom is -0.349 e. The number of hydrogen-bond donors (Lipinski definition) is 1. The minimum absolute atomic E-state index is 0.0385. The smallest absolute Gasteiger partial charge is 0.241 e. The van der Waals surface area contributed by atoms with Gasteiger partial charge < -0.3 is 9.84 Å². The van der Waals surface area contributed by atoms with Crippen LogP contribution < -0.4 is 5.32 Å². The average molecular weight is 433 g/mol. The van der Waals surface area contributed by atoms with E-state index in [0.717, 1.165) is 31.5 Å². The molecule has 1 N–H and O–H groups in total. The maximum Gasteiger partial charge on any atom is 0.241 e. The summed E-state index contributed by atoms with van der Waals surface area (Å²) in [7, 11) is 0. The van der Waals surface area contributed by atoms with E-state index in [1.165, 1.54) is 11.1 Å². The van der Waals surface area contributed by atoms with Crippen LogP contribution in [0.1, 0.15) is 49.7 Å². The molecule has 6 heteroatoms. The molecule has 1 amide bonds. The van der Waals surface area contributed by atoms with Crippen LogP contribution in [-0.2, 0) is 11.3 Å². The molecule has 4 rings (SSSR count). The number of rotatable bonds is 7. The lowest BCUT2D eigenvalue weighted by atomic mass is 9.90. The van der Waals surface area contributed by atoms with Gasteiger partial charge in [-0.2, -0.15) is 4.98 Å². The Labute approximate surface area is 190 Å². The number of likely N-dealkylation sites (tertiary alicyclic amines) is 1. The van der Waals surface area contributed by atoms with E-state index in [1.807, 2.05) is 42.5 Å². The molecule has 168 valence electrons. The Morgan fingerprint density at radius 1 is 1.09 bits per heavy atom. The molecule has 32 heavy (non-hydrogen) atoms. The Kier molecular flexibility index (Phi) is 7.00. The first kappa shape index (κ1) is 22.2. The van der Waals surface area contributed by atoms with Crippen molar-refractivity contribution in [2.75, 3.05) is 13.1 Å². The predicted molar refractivity (Wildman–Crippen MR) is 125 cm³/mol. The lowest BCUT2D eigenvalue weighted by molar-refractivity contribution is -0.127. The van der Waals surface area contributed by atoms with Gasteiger partial charge in [-0.05, 0) is 49.9 Å². The van der Waals surface area contributed by atoms with E-state index < -0.39 is 0 Å². The van der Waals surface area contributed by atoms with Gasteiger partial charge in [0.1, 0.15) is 0 Å². The molecule has 2 aromatic carbocycles. The van der Waals surface area contributed by atoms with E-state index in [1.54, 1.807) is 0 Å². The first-order valence-electron chi connectivity index (χ1n) is 11.5. The molecule has 1 aliphatic heterocycles. The standard InChI is InChI=1S/C26H32N4O2/c1-18(2)24(22-12-8-7-9-19(22)3)28-26(31)21-13-15-30(16-14-21)17-23-27-25(29-32-23)20-10-5-4-6-11-20/h4-12,18,21,24H,13-17H2,1-3H3,(H,28,31). The van der Waals surface area contributed by atoms with Gasteiger partial charge in [-0.25, -0.2) is 0 Å². The number of amides is 1. The van der Waals surface area contributed by atoms with Crippen LogP contribution in [0.4, 0.5) is 0 Å². The molecule has 0 radical (unpaired) electrons. The summed E-state index contributed by atoms with van der Waals surface area (Å²) in [4.78, 5) is 19.9. The summed E-state index contributed by atoms with van der Waals surface area (Å²) in [5.41, 5.74) is 3.38. The Morgan fingerprint density at radius 3 is 2.47 bits per heavy atom. The molecule has 1 atom stereocenters. The van der Waals surface area contributed by atoms with E-state index in [9.17, 15) is 4.79 Å². The summed E-state index contributed by atoms with van der Waals surface area (Å²) >= 11 is 0. The molecule has 3 aromatic rings. The fourth-order valence-corrected chi connectivity index (χ4v) is 4.38. The lowest BCUT2D eigenvalue weighted by Gasteiger charge is -2.32. The highest BCUT2D eigenvalue weighted by atomic mass is 16.5. The van der Waals surface area contributed by atoms with Crippen LogP contribution in [-0.4, -0.2) is 34.0 Å². The van der Waals surface area contributed by atoms with E-state index in [-0.39, 0.29) is 17.9 Å². The molecular weight excluding hydrogens is 400 g/mol. The number of benzene rings is 2. The summed E-state index contributed by atoms with van der Waals surface area (Å²) in [5.74, 6) is 1.77. The average Bonchev–Trinajstić information content (AvgIpc) is 3.27. The van der Waals surface area contributed by atoms with Gasteiger partial charge in [-0.15, -0.1) is 0 Å². The lowest BCUT2D eigenvalue weighted by Crippen LogP contribution is -2.42. The van der Waals surface area contributed by atoms with E-state index in [0.29, 0.717) is 24.2 Å². The molecule has 1 fully saturated rings. The normalized spacial score (nSPS) is 16.2. The summed E-state index contributed by atoms with van der Waals surface area (Å²) in [6.07, 6.45) is 1.67. The molecular formula is C26H32N4O2.